The summed E-state index contributed by atoms with van der Waals surface area (Å²) in [5.41, 5.74) is 6.92. The van der Waals surface area contributed by atoms with Crippen molar-refractivity contribution in [1.82, 2.24) is 4.98 Å². The van der Waals surface area contributed by atoms with Crippen molar-refractivity contribution in [3.63, 3.8) is 0 Å². The van der Waals surface area contributed by atoms with Crippen molar-refractivity contribution >= 4 is 11.3 Å². The molecule has 0 aliphatic carbocycles. The molecule has 0 aromatic carbocycles. The molecule has 2 N–H and O–H groups in total. The Labute approximate surface area is 82.9 Å². The van der Waals surface area contributed by atoms with Crippen molar-refractivity contribution in [2.24, 2.45) is 5.73 Å². The second-order valence-corrected chi connectivity index (χ2v) is 4.04. The highest BCUT2D eigenvalue weighted by atomic mass is 32.1. The average molecular weight is 200 g/mol. The van der Waals surface area contributed by atoms with Crippen LogP contribution in [0.5, 0.6) is 0 Å². The molecule has 0 spiro atoms. The lowest BCUT2D eigenvalue weighted by molar-refractivity contribution is 0.133. The van der Waals surface area contributed by atoms with Crippen molar-refractivity contribution in [1.29, 1.82) is 0 Å². The van der Waals surface area contributed by atoms with E-state index in [1.165, 1.54) is 0 Å². The Kier molecular flexibility index (Phi) is 4.35. The van der Waals surface area contributed by atoms with Gasteiger partial charge in [-0.25, -0.2) is 4.98 Å². The molecule has 0 saturated carbocycles. The van der Waals surface area contributed by atoms with E-state index in [0.717, 1.165) is 23.7 Å². The van der Waals surface area contributed by atoms with Crippen molar-refractivity contribution in [3.05, 3.63) is 16.1 Å². The summed E-state index contributed by atoms with van der Waals surface area (Å²) >= 11 is 1.66. The molecule has 1 aromatic rings. The van der Waals surface area contributed by atoms with Gasteiger partial charge in [-0.05, 0) is 13.8 Å². The fourth-order valence-electron chi connectivity index (χ4n) is 1.10. The van der Waals surface area contributed by atoms with Gasteiger partial charge in [0.1, 0.15) is 0 Å². The number of rotatable bonds is 5. The molecule has 0 aliphatic heterocycles. The Morgan fingerprint density at radius 1 is 1.69 bits per heavy atom. The van der Waals surface area contributed by atoms with Crippen LogP contribution in [0.1, 0.15) is 17.6 Å². The number of hydrogen-bond donors (Lipinski definition) is 1. The fraction of sp³-hybridized carbons (Fsp3) is 0.667. The lowest BCUT2D eigenvalue weighted by Crippen LogP contribution is -2.28. The third-order valence-electron chi connectivity index (χ3n) is 1.67. The van der Waals surface area contributed by atoms with Gasteiger partial charge in [0.2, 0.25) is 0 Å². The van der Waals surface area contributed by atoms with Gasteiger partial charge in [-0.3, -0.25) is 0 Å². The minimum atomic E-state index is 0.0708. The maximum Gasteiger partial charge on any atom is 0.0897 e. The summed E-state index contributed by atoms with van der Waals surface area (Å²) < 4.78 is 5.22. The topological polar surface area (TPSA) is 48.1 Å². The maximum absolute atomic E-state index is 5.84. The minimum Gasteiger partial charge on any atom is -0.380 e. The Hall–Kier alpha value is -0.450. The highest BCUT2D eigenvalue weighted by Gasteiger charge is 2.06. The first-order chi connectivity index (χ1) is 6.22. The van der Waals surface area contributed by atoms with E-state index in [1.807, 2.05) is 13.8 Å². The van der Waals surface area contributed by atoms with Crippen LogP contribution in [-0.4, -0.2) is 24.2 Å². The van der Waals surface area contributed by atoms with Crippen molar-refractivity contribution in [3.8, 4) is 0 Å². The monoisotopic (exact) mass is 200 g/mol. The van der Waals surface area contributed by atoms with E-state index in [0.29, 0.717) is 6.61 Å². The smallest absolute Gasteiger partial charge is 0.0897 e. The number of hydrogen-bond acceptors (Lipinski definition) is 4. The molecule has 1 unspecified atom stereocenters. The largest absolute Gasteiger partial charge is 0.380 e. The van der Waals surface area contributed by atoms with Crippen LogP contribution in [0.3, 0.4) is 0 Å². The van der Waals surface area contributed by atoms with Gasteiger partial charge in [-0.2, -0.15) is 0 Å². The van der Waals surface area contributed by atoms with E-state index in [2.05, 4.69) is 10.4 Å². The van der Waals surface area contributed by atoms with Crippen molar-refractivity contribution in [2.45, 2.75) is 26.3 Å². The van der Waals surface area contributed by atoms with Crippen LogP contribution in [0, 0.1) is 6.92 Å². The second-order valence-electron chi connectivity index (χ2n) is 2.98. The molecular weight excluding hydrogens is 184 g/mol. The molecule has 0 amide bonds. The van der Waals surface area contributed by atoms with Crippen LogP contribution in [-0.2, 0) is 11.2 Å². The quantitative estimate of drug-likeness (QED) is 0.780. The van der Waals surface area contributed by atoms with Crippen LogP contribution in [0.25, 0.3) is 0 Å². The van der Waals surface area contributed by atoms with Crippen LogP contribution in [0.15, 0.2) is 5.38 Å². The summed E-state index contributed by atoms with van der Waals surface area (Å²) in [5, 5.41) is 3.15. The lowest BCUT2D eigenvalue weighted by Gasteiger charge is -2.08. The average Bonchev–Trinajstić information content (AvgIpc) is 2.48. The molecule has 0 aliphatic rings. The molecular formula is C9H16N2OS. The summed E-state index contributed by atoms with van der Waals surface area (Å²) in [7, 11) is 0. The number of aromatic nitrogens is 1. The van der Waals surface area contributed by atoms with E-state index in [4.69, 9.17) is 10.5 Å². The Balaban J connectivity index is 2.31. The summed E-state index contributed by atoms with van der Waals surface area (Å²) in [5.74, 6) is 0. The van der Waals surface area contributed by atoms with Crippen molar-refractivity contribution in [2.75, 3.05) is 13.2 Å². The molecule has 3 nitrogen and oxygen atoms in total. The molecule has 4 heteroatoms. The number of ether oxygens (including phenoxy) is 1. The first kappa shape index (κ1) is 10.6. The second kappa shape index (κ2) is 5.32. The van der Waals surface area contributed by atoms with E-state index in [-0.39, 0.29) is 6.04 Å². The van der Waals surface area contributed by atoms with Gasteiger partial charge in [0, 0.05) is 24.4 Å². The predicted octanol–water partition coefficient (Wildman–Crippen LogP) is 1.36. The zero-order valence-electron chi connectivity index (χ0n) is 8.12. The zero-order valence-corrected chi connectivity index (χ0v) is 8.93. The summed E-state index contributed by atoms with van der Waals surface area (Å²) in [6, 6.07) is 0.0708. The van der Waals surface area contributed by atoms with Crippen LogP contribution in [0.2, 0.25) is 0 Å². The third kappa shape index (κ3) is 3.85. The molecule has 0 saturated heterocycles. The Morgan fingerprint density at radius 2 is 2.46 bits per heavy atom. The molecule has 1 rings (SSSR count). The van der Waals surface area contributed by atoms with E-state index >= 15 is 0 Å². The number of thiazole rings is 1. The van der Waals surface area contributed by atoms with E-state index in [1.54, 1.807) is 11.3 Å². The molecule has 0 fully saturated rings. The first-order valence-corrected chi connectivity index (χ1v) is 5.34. The van der Waals surface area contributed by atoms with Crippen molar-refractivity contribution < 1.29 is 4.74 Å². The molecule has 1 heterocycles. The molecule has 1 aromatic heterocycles. The Morgan fingerprint density at radius 3 is 3.00 bits per heavy atom. The van der Waals surface area contributed by atoms with Crippen LogP contribution >= 0.6 is 11.3 Å². The van der Waals surface area contributed by atoms with E-state index < -0.39 is 0 Å². The van der Waals surface area contributed by atoms with Gasteiger partial charge < -0.3 is 10.5 Å². The normalized spacial score (nSPS) is 13.2. The highest BCUT2D eigenvalue weighted by molar-refractivity contribution is 7.09. The Bertz CT molecular complexity index is 250. The molecule has 0 bridgehead atoms. The van der Waals surface area contributed by atoms with Crippen LogP contribution in [0.4, 0.5) is 0 Å². The van der Waals surface area contributed by atoms with Gasteiger partial charge in [0.25, 0.3) is 0 Å². The first-order valence-electron chi connectivity index (χ1n) is 4.46. The number of nitrogens with two attached hydrogens (primary N) is 1. The standard InChI is InChI=1S/C9H16N2OS/c1-3-12-5-8(10)4-9-6-13-7(2)11-9/h6,8H,3-5,10H2,1-2H3. The number of nitrogens with zero attached hydrogens (tertiary/aromatic N) is 1. The van der Waals surface area contributed by atoms with Gasteiger partial charge in [-0.1, -0.05) is 0 Å². The third-order valence-corrected chi connectivity index (χ3v) is 2.50. The lowest BCUT2D eigenvalue weighted by atomic mass is 10.2. The fourth-order valence-corrected chi connectivity index (χ4v) is 1.72. The molecule has 13 heavy (non-hydrogen) atoms. The highest BCUT2D eigenvalue weighted by Crippen LogP contribution is 2.09. The van der Waals surface area contributed by atoms with Gasteiger partial charge >= 0.3 is 0 Å². The molecule has 74 valence electrons. The molecule has 1 atom stereocenters. The summed E-state index contributed by atoms with van der Waals surface area (Å²) in [6.07, 6.45) is 0.810. The summed E-state index contributed by atoms with van der Waals surface area (Å²) in [6.45, 7) is 5.32. The zero-order chi connectivity index (χ0) is 9.68. The van der Waals surface area contributed by atoms with Gasteiger partial charge in [0.15, 0.2) is 0 Å². The SMILES string of the molecule is CCOCC(N)Cc1csc(C)n1. The maximum atomic E-state index is 5.84. The number of aryl methyl sites for hydroxylation is 1. The van der Waals surface area contributed by atoms with Crippen LogP contribution < -0.4 is 5.73 Å². The summed E-state index contributed by atoms with van der Waals surface area (Å²) in [4.78, 5) is 4.34. The minimum absolute atomic E-state index is 0.0708. The van der Waals surface area contributed by atoms with Gasteiger partial charge in [0.05, 0.1) is 17.3 Å². The van der Waals surface area contributed by atoms with E-state index in [9.17, 15) is 0 Å². The predicted molar refractivity (Wildman–Crippen MR) is 55.0 cm³/mol. The molecule has 0 radical (unpaired) electrons. The van der Waals surface area contributed by atoms with Gasteiger partial charge in [-0.15, -0.1) is 11.3 Å².